The summed E-state index contributed by atoms with van der Waals surface area (Å²) in [6, 6.07) is 13.3. The molecule has 0 saturated carbocycles. The van der Waals surface area contributed by atoms with Gasteiger partial charge < -0.3 is 14.8 Å². The Morgan fingerprint density at radius 1 is 1.12 bits per heavy atom. The molecule has 0 saturated heterocycles. The molecule has 0 bridgehead atoms. The van der Waals surface area contributed by atoms with Crippen molar-refractivity contribution in [2.45, 2.75) is 20.5 Å². The Kier molecular flexibility index (Phi) is 8.18. The average molecular weight is 393 g/mol. The highest BCUT2D eigenvalue weighted by Gasteiger charge is 2.08. The molecule has 2 rings (SSSR count). The van der Waals surface area contributed by atoms with Crippen molar-refractivity contribution in [3.8, 4) is 11.5 Å². The Bertz CT molecular complexity index is 751. The van der Waals surface area contributed by atoms with Gasteiger partial charge in [0.2, 0.25) is 5.11 Å². The zero-order valence-electron chi connectivity index (χ0n) is 14.8. The molecule has 0 spiro atoms. The van der Waals surface area contributed by atoms with Crippen molar-refractivity contribution < 1.29 is 14.6 Å². The molecule has 5 nitrogen and oxygen atoms in total. The maximum Gasteiger partial charge on any atom is 0.223 e. The molecule has 138 valence electrons. The van der Waals surface area contributed by atoms with Crippen LogP contribution in [-0.4, -0.2) is 24.5 Å². The van der Waals surface area contributed by atoms with Crippen LogP contribution in [0, 0.1) is 0 Å². The minimum absolute atomic E-state index is 0.442. The Labute approximate surface area is 164 Å². The van der Waals surface area contributed by atoms with E-state index in [4.69, 9.17) is 33.3 Å². The fourth-order valence-corrected chi connectivity index (χ4v) is 2.46. The molecule has 26 heavy (non-hydrogen) atoms. The van der Waals surface area contributed by atoms with Crippen LogP contribution in [0.3, 0.4) is 0 Å². The molecule has 2 aromatic rings. The summed E-state index contributed by atoms with van der Waals surface area (Å²) in [5.41, 5.74) is 4.85. The number of benzene rings is 2. The number of halogens is 1. The van der Waals surface area contributed by atoms with Crippen LogP contribution in [0.1, 0.15) is 25.0 Å². The molecule has 0 aliphatic heterocycles. The molecular formula is C19H23ClN3O2S+. The van der Waals surface area contributed by atoms with Crippen LogP contribution in [0.2, 0.25) is 5.02 Å². The van der Waals surface area contributed by atoms with E-state index in [-0.39, 0.29) is 0 Å². The minimum Gasteiger partial charge on any atom is -0.490 e. The maximum atomic E-state index is 5.90. The first-order valence-electron chi connectivity index (χ1n) is 8.39. The normalized spacial score (nSPS) is 10.6. The molecule has 0 aromatic heterocycles. The number of nitrogens with one attached hydrogen (secondary N) is 3. The number of hydrazine groups is 1. The van der Waals surface area contributed by atoms with E-state index in [0.717, 1.165) is 17.7 Å². The first kappa shape index (κ1) is 20.0. The van der Waals surface area contributed by atoms with Crippen LogP contribution in [0.25, 0.3) is 0 Å². The molecule has 0 fully saturated rings. The third kappa shape index (κ3) is 6.54. The topological polar surface area (TPSA) is 56.5 Å². The highest BCUT2D eigenvalue weighted by atomic mass is 35.5. The lowest BCUT2D eigenvalue weighted by molar-refractivity contribution is -0.500. The molecule has 0 radical (unpaired) electrons. The molecule has 2 aromatic carbocycles. The van der Waals surface area contributed by atoms with E-state index in [1.807, 2.05) is 56.3 Å². The van der Waals surface area contributed by atoms with Crippen molar-refractivity contribution >= 4 is 35.1 Å². The van der Waals surface area contributed by atoms with Crippen molar-refractivity contribution in [3.05, 3.63) is 58.6 Å². The summed E-state index contributed by atoms with van der Waals surface area (Å²) in [7, 11) is 0. The van der Waals surface area contributed by atoms with Crippen LogP contribution in [0.4, 0.5) is 0 Å². The molecule has 3 N–H and O–H groups in total. The van der Waals surface area contributed by atoms with Crippen LogP contribution in [-0.2, 0) is 6.61 Å². The average Bonchev–Trinajstić information content (AvgIpc) is 2.63. The summed E-state index contributed by atoms with van der Waals surface area (Å²) in [5.74, 6) is 1.38. The molecule has 0 aliphatic carbocycles. The number of hydrazone groups is 1. The molecule has 0 atom stereocenters. The van der Waals surface area contributed by atoms with Crippen LogP contribution in [0.5, 0.6) is 11.5 Å². The van der Waals surface area contributed by atoms with Gasteiger partial charge in [-0.15, -0.1) is 10.5 Å². The second kappa shape index (κ2) is 10.6. The van der Waals surface area contributed by atoms with Crippen molar-refractivity contribution in [1.29, 1.82) is 0 Å². The first-order chi connectivity index (χ1) is 12.6. The van der Waals surface area contributed by atoms with Gasteiger partial charge in [-0.3, -0.25) is 0 Å². The highest BCUT2D eigenvalue weighted by Crippen LogP contribution is 2.28. The molecular weight excluding hydrogens is 370 g/mol. The van der Waals surface area contributed by atoms with Gasteiger partial charge in [-0.05, 0) is 62.0 Å². The lowest BCUT2D eigenvalue weighted by Crippen LogP contribution is -2.82. The van der Waals surface area contributed by atoms with Gasteiger partial charge in [0.15, 0.2) is 17.7 Å². The van der Waals surface area contributed by atoms with E-state index in [2.05, 4.69) is 15.8 Å². The number of hydrogen-bond donors (Lipinski definition) is 3. The fraction of sp³-hybridized carbons (Fsp3) is 0.263. The van der Waals surface area contributed by atoms with Gasteiger partial charge in [0, 0.05) is 17.1 Å². The van der Waals surface area contributed by atoms with Crippen molar-refractivity contribution in [1.82, 2.24) is 10.7 Å². The zero-order valence-corrected chi connectivity index (χ0v) is 16.4. The predicted octanol–water partition coefficient (Wildman–Crippen LogP) is 2.22. The van der Waals surface area contributed by atoms with E-state index >= 15 is 0 Å². The molecule has 0 unspecified atom stereocenters. The summed E-state index contributed by atoms with van der Waals surface area (Å²) in [4.78, 5) is 0. The Morgan fingerprint density at radius 3 is 2.58 bits per heavy atom. The summed E-state index contributed by atoms with van der Waals surface area (Å²) < 4.78 is 11.6. The van der Waals surface area contributed by atoms with Gasteiger partial charge in [-0.1, -0.05) is 23.7 Å². The lowest BCUT2D eigenvalue weighted by Gasteiger charge is -2.12. The minimum atomic E-state index is 0.442. The molecule has 7 heteroatoms. The second-order valence-corrected chi connectivity index (χ2v) is 6.17. The number of rotatable bonds is 8. The van der Waals surface area contributed by atoms with Crippen molar-refractivity contribution in [2.75, 3.05) is 13.2 Å². The summed E-state index contributed by atoms with van der Waals surface area (Å²) in [6.07, 6.45) is 1.80. The molecule has 0 aliphatic rings. The van der Waals surface area contributed by atoms with E-state index < -0.39 is 0 Å². The number of thiocarbonyl (C=S) groups is 1. The van der Waals surface area contributed by atoms with Gasteiger partial charge >= 0.3 is 0 Å². The third-order valence-electron chi connectivity index (χ3n) is 3.34. The number of ether oxygens (including phenoxy) is 2. The van der Waals surface area contributed by atoms with E-state index in [0.29, 0.717) is 34.8 Å². The maximum absolute atomic E-state index is 5.90. The zero-order chi connectivity index (χ0) is 18.8. The Hall–Kier alpha value is -2.31. The standard InChI is InChI=1S/C19H22ClN3O2S/c1-3-21-19(26)23-22-12-15-7-10-17(18(11-15)24-4-2)25-13-14-5-8-16(20)9-6-14/h5-12H,3-4,13H2,1-2H3,(H2,21,23,26)/p+1. The van der Waals surface area contributed by atoms with Crippen molar-refractivity contribution in [2.24, 2.45) is 0 Å². The van der Waals surface area contributed by atoms with Gasteiger partial charge in [0.05, 0.1) is 6.61 Å². The third-order valence-corrected chi connectivity index (χ3v) is 3.84. The monoisotopic (exact) mass is 392 g/mol. The van der Waals surface area contributed by atoms with Crippen LogP contribution < -0.4 is 25.3 Å². The quantitative estimate of drug-likeness (QED) is 0.365. The van der Waals surface area contributed by atoms with Crippen LogP contribution >= 0.6 is 23.8 Å². The molecule has 0 heterocycles. The van der Waals surface area contributed by atoms with Gasteiger partial charge in [-0.25, -0.2) is 0 Å². The molecule has 0 amide bonds. The first-order valence-corrected chi connectivity index (χ1v) is 9.17. The van der Waals surface area contributed by atoms with E-state index in [1.165, 1.54) is 0 Å². The SMILES string of the molecule is CCNC(=S)N[NH+]=Cc1ccc(OCc2ccc(Cl)cc2)c(OCC)c1. The van der Waals surface area contributed by atoms with Gasteiger partial charge in [0.1, 0.15) is 6.61 Å². The highest BCUT2D eigenvalue weighted by molar-refractivity contribution is 7.80. The Morgan fingerprint density at radius 2 is 1.88 bits per heavy atom. The summed E-state index contributed by atoms with van der Waals surface area (Å²) in [6.45, 7) is 5.68. The lowest BCUT2D eigenvalue weighted by atomic mass is 10.2. The largest absolute Gasteiger partial charge is 0.490 e. The van der Waals surface area contributed by atoms with E-state index in [1.54, 1.807) is 6.21 Å². The van der Waals surface area contributed by atoms with Gasteiger partial charge in [-0.2, -0.15) is 0 Å². The second-order valence-electron chi connectivity index (χ2n) is 5.33. The Balaban J connectivity index is 2.03. The number of hydrogen-bond acceptors (Lipinski definition) is 3. The van der Waals surface area contributed by atoms with Crippen molar-refractivity contribution in [3.63, 3.8) is 0 Å². The van der Waals surface area contributed by atoms with Gasteiger partial charge in [0.25, 0.3) is 0 Å². The van der Waals surface area contributed by atoms with E-state index in [9.17, 15) is 0 Å². The van der Waals surface area contributed by atoms with Crippen LogP contribution in [0.15, 0.2) is 42.5 Å². The fourth-order valence-electron chi connectivity index (χ4n) is 2.13. The smallest absolute Gasteiger partial charge is 0.223 e. The summed E-state index contributed by atoms with van der Waals surface area (Å²) >= 11 is 11.0. The predicted molar refractivity (Wildman–Crippen MR) is 109 cm³/mol. The summed E-state index contributed by atoms with van der Waals surface area (Å²) in [5, 5.41) is 7.19.